The average molecular weight is 699 g/mol. The van der Waals surface area contributed by atoms with Crippen LogP contribution in [0.25, 0.3) is 33.5 Å². The maximum Gasteiger partial charge on any atom is 0.512 e. The van der Waals surface area contributed by atoms with Crippen LogP contribution in [0.3, 0.4) is 0 Å². The molecule has 2 aliphatic heterocycles. The van der Waals surface area contributed by atoms with E-state index in [4.69, 9.17) is 33.2 Å². The second kappa shape index (κ2) is 14.2. The third-order valence-electron chi connectivity index (χ3n) is 8.45. The van der Waals surface area contributed by atoms with Gasteiger partial charge >= 0.3 is 12.1 Å². The number of carbonyl (C=O) groups excluding carboxylic acids is 3. The van der Waals surface area contributed by atoms with Crippen LogP contribution in [-0.2, 0) is 39.8 Å². The van der Waals surface area contributed by atoms with E-state index in [1.54, 1.807) is 22.8 Å². The van der Waals surface area contributed by atoms with E-state index < -0.39 is 42.3 Å². The maximum atomic E-state index is 13.7. The fourth-order valence-corrected chi connectivity index (χ4v) is 6.26. The van der Waals surface area contributed by atoms with Gasteiger partial charge in [0.15, 0.2) is 12.2 Å². The topological polar surface area (TPSA) is 188 Å². The Morgan fingerprint density at radius 1 is 0.961 bits per heavy atom. The predicted molar refractivity (Wildman–Crippen MR) is 176 cm³/mol. The van der Waals surface area contributed by atoms with Crippen molar-refractivity contribution in [2.45, 2.75) is 57.5 Å². The molecule has 7 rings (SSSR count). The molecule has 5 aromatic rings. The summed E-state index contributed by atoms with van der Waals surface area (Å²) in [4.78, 5) is 41.9. The Labute approximate surface area is 290 Å². The van der Waals surface area contributed by atoms with E-state index in [-0.39, 0.29) is 18.8 Å². The van der Waals surface area contributed by atoms with Crippen molar-refractivity contribution in [1.29, 1.82) is 0 Å². The first-order valence-electron chi connectivity index (χ1n) is 16.2. The lowest BCUT2D eigenvalue weighted by atomic mass is 9.98. The van der Waals surface area contributed by atoms with Crippen molar-refractivity contribution >= 4 is 29.6 Å². The summed E-state index contributed by atoms with van der Waals surface area (Å²) in [5.41, 5.74) is 4.84. The Kier molecular flexibility index (Phi) is 9.34. The second-order valence-corrected chi connectivity index (χ2v) is 12.2. The van der Waals surface area contributed by atoms with Crippen molar-refractivity contribution in [3.8, 4) is 28.5 Å². The van der Waals surface area contributed by atoms with Gasteiger partial charge in [0.05, 0.1) is 43.0 Å². The zero-order valence-electron chi connectivity index (χ0n) is 27.9. The fraction of sp³-hybridized carbons (Fsp3) is 0.343. The number of benzene rings is 3. The van der Waals surface area contributed by atoms with E-state index in [2.05, 4.69) is 25.6 Å². The Balaban J connectivity index is 1.08. The zero-order valence-corrected chi connectivity index (χ0v) is 27.9. The van der Waals surface area contributed by atoms with Crippen molar-refractivity contribution in [3.05, 3.63) is 77.9 Å². The lowest BCUT2D eigenvalue weighted by Crippen LogP contribution is -2.38. The molecule has 4 atom stereocenters. The van der Waals surface area contributed by atoms with Gasteiger partial charge in [-0.15, -0.1) is 10.2 Å². The number of carbonyl (C=O) groups is 3. The lowest BCUT2D eigenvalue weighted by molar-refractivity contribution is -0.162. The van der Waals surface area contributed by atoms with Gasteiger partial charge in [0.2, 0.25) is 5.82 Å². The summed E-state index contributed by atoms with van der Waals surface area (Å²) in [6.07, 6.45) is -3.68. The molecule has 1 N–H and O–H groups in total. The largest absolute Gasteiger partial charge is 0.512 e. The average Bonchev–Trinajstić information content (AvgIpc) is 3.92. The number of aromatic amines is 1. The van der Waals surface area contributed by atoms with Crippen LogP contribution in [0.2, 0.25) is 0 Å². The van der Waals surface area contributed by atoms with Gasteiger partial charge in [0.25, 0.3) is 18.3 Å². The maximum absolute atomic E-state index is 13.7. The molecule has 0 unspecified atom stereocenters. The van der Waals surface area contributed by atoms with E-state index in [0.717, 1.165) is 22.3 Å². The molecule has 2 aromatic heterocycles. The first kappa shape index (κ1) is 33.6. The number of hydrogen-bond acceptors (Lipinski definition) is 14. The third kappa shape index (κ3) is 6.95. The van der Waals surface area contributed by atoms with Crippen molar-refractivity contribution < 1.29 is 47.5 Å². The van der Waals surface area contributed by atoms with Crippen molar-refractivity contribution in [3.63, 3.8) is 0 Å². The van der Waals surface area contributed by atoms with Gasteiger partial charge in [-0.1, -0.05) is 54.6 Å². The van der Waals surface area contributed by atoms with E-state index in [1.807, 2.05) is 55.5 Å². The molecule has 4 heterocycles. The van der Waals surface area contributed by atoms with Crippen LogP contribution >= 0.6 is 0 Å². The normalized spacial score (nSPS) is 19.7. The number of hydrogen-bond donors (Lipinski definition) is 1. The van der Waals surface area contributed by atoms with Gasteiger partial charge in [0.1, 0.15) is 12.2 Å². The molecule has 0 aliphatic carbocycles. The highest BCUT2D eigenvalue weighted by Gasteiger charge is 2.51. The molecule has 0 radical (unpaired) electrons. The van der Waals surface area contributed by atoms with Crippen molar-refractivity contribution in [1.82, 2.24) is 30.2 Å². The molecule has 2 saturated heterocycles. The Morgan fingerprint density at radius 3 is 2.43 bits per heavy atom. The highest BCUT2D eigenvalue weighted by molar-refractivity contribution is 6.02. The number of para-hydroxylation sites is 1. The molecule has 16 heteroatoms. The summed E-state index contributed by atoms with van der Waals surface area (Å²) in [5, 5.41) is 14.4. The minimum Gasteiger partial charge on any atom is -0.465 e. The molecule has 0 saturated carbocycles. The van der Waals surface area contributed by atoms with Crippen LogP contribution < -0.4 is 4.74 Å². The number of aromatic nitrogens is 6. The summed E-state index contributed by atoms with van der Waals surface area (Å²) in [6.45, 7) is 5.81. The molecule has 0 amide bonds. The quantitative estimate of drug-likeness (QED) is 0.0849. The highest BCUT2D eigenvalue weighted by Crippen LogP contribution is 2.33. The van der Waals surface area contributed by atoms with Crippen LogP contribution in [0.15, 0.2) is 66.7 Å². The highest BCUT2D eigenvalue weighted by atomic mass is 16.8. The molecule has 51 heavy (non-hydrogen) atoms. The Hall–Kier alpha value is -5.87. The number of rotatable bonds is 12. The van der Waals surface area contributed by atoms with Crippen LogP contribution in [-0.4, -0.2) is 98.8 Å². The van der Waals surface area contributed by atoms with Crippen LogP contribution in [0.1, 0.15) is 36.7 Å². The lowest BCUT2D eigenvalue weighted by Gasteiger charge is -2.26. The molecule has 2 fully saturated rings. The predicted octanol–water partition coefficient (Wildman–Crippen LogP) is 4.08. The van der Waals surface area contributed by atoms with Gasteiger partial charge in [-0.05, 0) is 41.0 Å². The number of nitrogens with one attached hydrogen (secondary N) is 1. The van der Waals surface area contributed by atoms with E-state index >= 15 is 0 Å². The number of nitrogens with zero attached hydrogens (tertiary/aromatic N) is 5. The summed E-state index contributed by atoms with van der Waals surface area (Å²) in [6, 6.07) is 21.1. The van der Waals surface area contributed by atoms with Gasteiger partial charge in [-0.2, -0.15) is 10.2 Å². The number of tetrazole rings is 1. The third-order valence-corrected chi connectivity index (χ3v) is 8.45. The van der Waals surface area contributed by atoms with E-state index in [1.165, 1.54) is 13.8 Å². The number of fused-ring (bicyclic) bond motifs is 2. The number of esters is 1. The fourth-order valence-electron chi connectivity index (χ4n) is 6.26. The van der Waals surface area contributed by atoms with Gasteiger partial charge < -0.3 is 33.2 Å². The molecule has 264 valence electrons. The van der Waals surface area contributed by atoms with Crippen LogP contribution in [0, 0.1) is 0 Å². The number of imidazole rings is 1. The van der Waals surface area contributed by atoms with Gasteiger partial charge in [-0.3, -0.25) is 9.36 Å². The van der Waals surface area contributed by atoms with Crippen LogP contribution in [0.4, 0.5) is 4.79 Å². The van der Waals surface area contributed by atoms with Gasteiger partial charge in [0, 0.05) is 19.4 Å². The molecule has 0 spiro atoms. The number of ether oxygens (including phenoxy) is 7. The second-order valence-electron chi connectivity index (χ2n) is 12.2. The summed E-state index contributed by atoms with van der Waals surface area (Å²) in [7, 11) is 0. The summed E-state index contributed by atoms with van der Waals surface area (Å²) in [5.74, 6) is -1.99. The van der Waals surface area contributed by atoms with E-state index in [0.29, 0.717) is 42.5 Å². The van der Waals surface area contributed by atoms with Crippen molar-refractivity contribution in [2.24, 2.45) is 0 Å². The molecular formula is C35H34N6O10. The standard InChI is InChI=1S/C35H34N6O10/c1-4-45-33-36-25-11-7-10-24(32(43)50-35(2,3)51-34(44)49-27-18-47-29-26(48-19-42)17-46-30(27)29)28(25)41(33)16-20-12-14-21(15-13-20)22-8-5-6-9-23(22)31-37-39-40-38-31/h5-15,19,26-27,29-30H,4,16-18H2,1-3H3,(H,37,38,39,40)/t26-,27+,29-,30-/m1/s1. The molecule has 3 aromatic carbocycles. The first-order chi connectivity index (χ1) is 24.7. The van der Waals surface area contributed by atoms with Gasteiger partial charge in [-0.25, -0.2) is 9.59 Å². The Bertz CT molecular complexity index is 2030. The first-order valence-corrected chi connectivity index (χ1v) is 16.2. The van der Waals surface area contributed by atoms with E-state index in [9.17, 15) is 14.4 Å². The van der Waals surface area contributed by atoms with Crippen LogP contribution in [0.5, 0.6) is 6.01 Å². The molecule has 16 nitrogen and oxygen atoms in total. The smallest absolute Gasteiger partial charge is 0.465 e. The summed E-state index contributed by atoms with van der Waals surface area (Å²) < 4.78 is 40.5. The molecule has 2 aliphatic rings. The molecule has 0 bridgehead atoms. The number of H-pyrrole nitrogens is 1. The minimum absolute atomic E-state index is 0.0216. The SMILES string of the molecule is CCOc1nc2cccc(C(=O)OC(C)(C)OC(=O)O[C@H]3CO[C@H]4[C@@H]3OC[C@H]4OC=O)c2n1Cc1ccc(-c2ccccc2-c2nn[nH]n2)cc1. The van der Waals surface area contributed by atoms with Crippen molar-refractivity contribution in [2.75, 3.05) is 19.8 Å². The minimum atomic E-state index is -1.73. The monoisotopic (exact) mass is 698 g/mol. The Morgan fingerprint density at radius 2 is 1.71 bits per heavy atom. The molecular weight excluding hydrogens is 664 g/mol. The summed E-state index contributed by atoms with van der Waals surface area (Å²) >= 11 is 0. The zero-order chi connectivity index (χ0) is 35.5.